The van der Waals surface area contributed by atoms with Gasteiger partial charge in [0.05, 0.1) is 0 Å². The standard InChI is InChI=1S/C10H13N5O2S/c1-5(16)18-6-2-7(17)15(3-6)10-8(11)9(12)13-4-14-10/h4,6H,2-3,11H2,1H3,(H2,12,13,14). The molecule has 0 aromatic carbocycles. The number of aromatic nitrogens is 2. The Kier molecular flexibility index (Phi) is 3.37. The molecule has 8 heteroatoms. The summed E-state index contributed by atoms with van der Waals surface area (Å²) < 4.78 is 0. The third-order valence-corrected chi connectivity index (χ3v) is 3.55. The Morgan fingerprint density at radius 1 is 1.50 bits per heavy atom. The molecule has 1 fully saturated rings. The maximum absolute atomic E-state index is 11.9. The topological polar surface area (TPSA) is 115 Å². The Bertz CT molecular complexity index is 507. The highest BCUT2D eigenvalue weighted by atomic mass is 32.2. The Balaban J connectivity index is 2.22. The van der Waals surface area contributed by atoms with Crippen molar-refractivity contribution in [3.63, 3.8) is 0 Å². The first-order valence-electron chi connectivity index (χ1n) is 5.32. The number of nitrogens with zero attached hydrogens (tertiary/aromatic N) is 3. The van der Waals surface area contributed by atoms with Gasteiger partial charge >= 0.3 is 0 Å². The van der Waals surface area contributed by atoms with Gasteiger partial charge in [-0.05, 0) is 0 Å². The molecule has 0 aliphatic carbocycles. The molecule has 0 spiro atoms. The summed E-state index contributed by atoms with van der Waals surface area (Å²) in [4.78, 5) is 32.1. The number of anilines is 3. The van der Waals surface area contributed by atoms with Crippen molar-refractivity contribution in [2.75, 3.05) is 22.9 Å². The third-order valence-electron chi connectivity index (χ3n) is 2.57. The van der Waals surface area contributed by atoms with E-state index in [2.05, 4.69) is 9.97 Å². The smallest absolute Gasteiger partial charge is 0.229 e. The highest BCUT2D eigenvalue weighted by Crippen LogP contribution is 2.31. The molecular formula is C10H13N5O2S. The largest absolute Gasteiger partial charge is 0.393 e. The number of hydrogen-bond donors (Lipinski definition) is 2. The summed E-state index contributed by atoms with van der Waals surface area (Å²) >= 11 is 1.16. The van der Waals surface area contributed by atoms with Gasteiger partial charge < -0.3 is 11.5 Å². The first-order chi connectivity index (χ1) is 8.49. The predicted octanol–water partition coefficient (Wildman–Crippen LogP) is 0.0260. The molecular weight excluding hydrogens is 254 g/mol. The van der Waals surface area contributed by atoms with Crippen LogP contribution in [0.5, 0.6) is 0 Å². The summed E-state index contributed by atoms with van der Waals surface area (Å²) in [7, 11) is 0. The second-order valence-corrected chi connectivity index (χ2v) is 5.41. The summed E-state index contributed by atoms with van der Waals surface area (Å²) in [5, 5.41) is -0.0737. The molecule has 1 saturated heterocycles. The van der Waals surface area contributed by atoms with E-state index < -0.39 is 0 Å². The van der Waals surface area contributed by atoms with Gasteiger partial charge in [0.2, 0.25) is 5.91 Å². The minimum absolute atomic E-state index is 0.00942. The summed E-state index contributed by atoms with van der Waals surface area (Å²) in [5.74, 6) is 0.355. The van der Waals surface area contributed by atoms with Crippen LogP contribution in [0, 0.1) is 0 Å². The van der Waals surface area contributed by atoms with E-state index in [-0.39, 0.29) is 27.8 Å². The molecule has 2 heterocycles. The molecule has 1 aromatic rings. The van der Waals surface area contributed by atoms with Crippen molar-refractivity contribution in [1.29, 1.82) is 0 Å². The van der Waals surface area contributed by atoms with Crippen molar-refractivity contribution in [3.8, 4) is 0 Å². The van der Waals surface area contributed by atoms with Gasteiger partial charge in [0.15, 0.2) is 16.8 Å². The Morgan fingerprint density at radius 3 is 2.89 bits per heavy atom. The van der Waals surface area contributed by atoms with Crippen LogP contribution in [0.4, 0.5) is 17.3 Å². The quantitative estimate of drug-likeness (QED) is 0.776. The molecule has 2 rings (SSSR count). The second-order valence-electron chi connectivity index (χ2n) is 3.94. The van der Waals surface area contributed by atoms with Crippen molar-refractivity contribution >= 4 is 40.1 Å². The lowest BCUT2D eigenvalue weighted by atomic mass is 10.4. The van der Waals surface area contributed by atoms with Gasteiger partial charge in [-0.2, -0.15) is 0 Å². The normalized spacial score (nSPS) is 19.3. The van der Waals surface area contributed by atoms with Gasteiger partial charge in [-0.15, -0.1) is 0 Å². The Hall–Kier alpha value is -1.83. The van der Waals surface area contributed by atoms with Crippen LogP contribution in [0.1, 0.15) is 13.3 Å². The van der Waals surface area contributed by atoms with Crippen LogP contribution in [0.3, 0.4) is 0 Å². The van der Waals surface area contributed by atoms with Crippen molar-refractivity contribution in [1.82, 2.24) is 9.97 Å². The van der Waals surface area contributed by atoms with E-state index in [1.54, 1.807) is 0 Å². The highest BCUT2D eigenvalue weighted by molar-refractivity contribution is 8.14. The van der Waals surface area contributed by atoms with Crippen molar-refractivity contribution in [3.05, 3.63) is 6.33 Å². The maximum atomic E-state index is 11.9. The lowest BCUT2D eigenvalue weighted by molar-refractivity contribution is -0.117. The van der Waals surface area contributed by atoms with Gasteiger partial charge in [0, 0.05) is 25.1 Å². The molecule has 4 N–H and O–H groups in total. The molecule has 18 heavy (non-hydrogen) atoms. The van der Waals surface area contributed by atoms with Crippen LogP contribution in [0.2, 0.25) is 0 Å². The zero-order valence-corrected chi connectivity index (χ0v) is 10.6. The van der Waals surface area contributed by atoms with Gasteiger partial charge in [0.25, 0.3) is 0 Å². The number of amides is 1. The molecule has 1 aliphatic rings. The Morgan fingerprint density at radius 2 is 2.22 bits per heavy atom. The number of hydrogen-bond acceptors (Lipinski definition) is 7. The maximum Gasteiger partial charge on any atom is 0.229 e. The fourth-order valence-corrected chi connectivity index (χ4v) is 2.73. The minimum atomic E-state index is -0.112. The molecule has 7 nitrogen and oxygen atoms in total. The van der Waals surface area contributed by atoms with Crippen LogP contribution < -0.4 is 16.4 Å². The zero-order valence-electron chi connectivity index (χ0n) is 9.79. The Labute approximate surface area is 108 Å². The van der Waals surface area contributed by atoms with Crippen LogP contribution in [0.15, 0.2) is 6.33 Å². The van der Waals surface area contributed by atoms with Gasteiger partial charge in [-0.1, -0.05) is 11.8 Å². The monoisotopic (exact) mass is 267 g/mol. The van der Waals surface area contributed by atoms with Crippen molar-refractivity contribution in [2.24, 2.45) is 0 Å². The van der Waals surface area contributed by atoms with Crippen molar-refractivity contribution in [2.45, 2.75) is 18.6 Å². The third kappa shape index (κ3) is 2.37. The molecule has 0 bridgehead atoms. The van der Waals surface area contributed by atoms with E-state index in [0.717, 1.165) is 11.8 Å². The molecule has 0 saturated carbocycles. The fourth-order valence-electron chi connectivity index (χ4n) is 1.81. The predicted molar refractivity (Wildman–Crippen MR) is 69.9 cm³/mol. The summed E-state index contributed by atoms with van der Waals surface area (Å²) in [5.41, 5.74) is 11.5. The van der Waals surface area contributed by atoms with E-state index >= 15 is 0 Å². The lowest BCUT2D eigenvalue weighted by Crippen LogP contribution is -2.27. The van der Waals surface area contributed by atoms with Crippen molar-refractivity contribution < 1.29 is 9.59 Å². The first-order valence-corrected chi connectivity index (χ1v) is 6.20. The molecule has 1 amide bonds. The zero-order chi connectivity index (χ0) is 13.3. The molecule has 1 aromatic heterocycles. The van der Waals surface area contributed by atoms with Crippen LogP contribution in [0.25, 0.3) is 0 Å². The van der Waals surface area contributed by atoms with E-state index in [1.807, 2.05) is 0 Å². The molecule has 96 valence electrons. The molecule has 1 atom stereocenters. The average molecular weight is 267 g/mol. The molecule has 1 unspecified atom stereocenters. The van der Waals surface area contributed by atoms with E-state index in [1.165, 1.54) is 18.2 Å². The van der Waals surface area contributed by atoms with Gasteiger partial charge in [-0.25, -0.2) is 9.97 Å². The highest BCUT2D eigenvalue weighted by Gasteiger charge is 2.33. The number of rotatable bonds is 2. The molecule has 0 radical (unpaired) electrons. The van der Waals surface area contributed by atoms with Crippen LogP contribution in [-0.4, -0.2) is 32.8 Å². The van der Waals surface area contributed by atoms with Crippen LogP contribution in [-0.2, 0) is 9.59 Å². The lowest BCUT2D eigenvalue weighted by Gasteiger charge is -2.17. The SMILES string of the molecule is CC(=O)SC1CC(=O)N(c2ncnc(N)c2N)C1. The van der Waals surface area contributed by atoms with Crippen LogP contribution >= 0.6 is 11.8 Å². The van der Waals surface area contributed by atoms with Gasteiger partial charge in [-0.3, -0.25) is 14.5 Å². The number of nitrogens with two attached hydrogens (primary N) is 2. The van der Waals surface area contributed by atoms with E-state index in [0.29, 0.717) is 18.8 Å². The minimum Gasteiger partial charge on any atom is -0.393 e. The summed E-state index contributed by atoms with van der Waals surface area (Å²) in [6, 6.07) is 0. The summed E-state index contributed by atoms with van der Waals surface area (Å²) in [6.07, 6.45) is 1.56. The second kappa shape index (κ2) is 4.81. The first kappa shape index (κ1) is 12.6. The number of carbonyl (C=O) groups is 2. The van der Waals surface area contributed by atoms with E-state index in [4.69, 9.17) is 11.5 Å². The fraction of sp³-hybridized carbons (Fsp3) is 0.400. The average Bonchev–Trinajstić information content (AvgIpc) is 2.62. The van der Waals surface area contributed by atoms with Gasteiger partial charge in [0.1, 0.15) is 12.0 Å². The van der Waals surface area contributed by atoms with E-state index in [9.17, 15) is 9.59 Å². The number of thioether (sulfide) groups is 1. The number of carbonyl (C=O) groups excluding carboxylic acids is 2. The number of nitrogen functional groups attached to an aromatic ring is 2. The summed E-state index contributed by atoms with van der Waals surface area (Å²) in [6.45, 7) is 1.89. The molecule has 1 aliphatic heterocycles.